The SMILES string of the molecule is CC1=CC2CC1C1C(O)NC(O)C21. The van der Waals surface area contributed by atoms with E-state index in [0.717, 1.165) is 6.42 Å². The van der Waals surface area contributed by atoms with Crippen LogP contribution in [-0.2, 0) is 0 Å². The number of nitrogens with one attached hydrogen (secondary N) is 1. The average molecular weight is 181 g/mol. The molecule has 72 valence electrons. The molecule has 0 aromatic heterocycles. The molecule has 2 bridgehead atoms. The van der Waals surface area contributed by atoms with Crippen molar-refractivity contribution in [1.82, 2.24) is 5.32 Å². The molecule has 3 N–H and O–H groups in total. The monoisotopic (exact) mass is 181 g/mol. The van der Waals surface area contributed by atoms with Crippen LogP contribution in [0.3, 0.4) is 0 Å². The van der Waals surface area contributed by atoms with E-state index in [2.05, 4.69) is 18.3 Å². The number of allylic oxidation sites excluding steroid dienone is 2. The van der Waals surface area contributed by atoms with E-state index in [-0.39, 0.29) is 11.8 Å². The Bertz CT molecular complexity index is 276. The Balaban J connectivity index is 1.98. The summed E-state index contributed by atoms with van der Waals surface area (Å²) in [5, 5.41) is 22.2. The van der Waals surface area contributed by atoms with Gasteiger partial charge < -0.3 is 10.2 Å². The highest BCUT2D eigenvalue weighted by molar-refractivity contribution is 5.24. The van der Waals surface area contributed by atoms with E-state index in [0.29, 0.717) is 11.8 Å². The first-order valence-corrected chi connectivity index (χ1v) is 4.99. The average Bonchev–Trinajstić information content (AvgIpc) is 2.64. The van der Waals surface area contributed by atoms with Crippen LogP contribution in [0.2, 0.25) is 0 Å². The Morgan fingerprint density at radius 1 is 1.31 bits per heavy atom. The van der Waals surface area contributed by atoms with Crippen LogP contribution in [0.25, 0.3) is 0 Å². The van der Waals surface area contributed by atoms with Gasteiger partial charge in [0.25, 0.3) is 0 Å². The number of aliphatic hydroxyl groups is 2. The van der Waals surface area contributed by atoms with Crippen LogP contribution in [0.5, 0.6) is 0 Å². The van der Waals surface area contributed by atoms with Gasteiger partial charge in [-0.1, -0.05) is 11.6 Å². The van der Waals surface area contributed by atoms with Gasteiger partial charge in [0.15, 0.2) is 0 Å². The summed E-state index contributed by atoms with van der Waals surface area (Å²) in [6.45, 7) is 2.14. The van der Waals surface area contributed by atoms with Gasteiger partial charge in [-0.3, -0.25) is 5.32 Å². The number of aliphatic hydroxyl groups excluding tert-OH is 2. The van der Waals surface area contributed by atoms with Gasteiger partial charge in [-0.05, 0) is 25.2 Å². The van der Waals surface area contributed by atoms with Crippen LogP contribution < -0.4 is 5.32 Å². The molecule has 13 heavy (non-hydrogen) atoms. The van der Waals surface area contributed by atoms with Gasteiger partial charge in [0.1, 0.15) is 12.5 Å². The smallest absolute Gasteiger partial charge is 0.110 e. The lowest BCUT2D eigenvalue weighted by Crippen LogP contribution is -2.33. The molecule has 0 spiro atoms. The van der Waals surface area contributed by atoms with E-state index >= 15 is 0 Å². The second-order valence-corrected chi connectivity index (χ2v) is 4.63. The highest BCUT2D eigenvalue weighted by atomic mass is 16.3. The Morgan fingerprint density at radius 3 is 2.77 bits per heavy atom. The van der Waals surface area contributed by atoms with Crippen molar-refractivity contribution >= 4 is 0 Å². The molecule has 0 aromatic carbocycles. The highest BCUT2D eigenvalue weighted by Crippen LogP contribution is 2.55. The van der Waals surface area contributed by atoms with Gasteiger partial charge in [0, 0.05) is 11.8 Å². The van der Waals surface area contributed by atoms with Crippen molar-refractivity contribution in [3.8, 4) is 0 Å². The maximum Gasteiger partial charge on any atom is 0.110 e. The van der Waals surface area contributed by atoms with E-state index in [1.165, 1.54) is 5.57 Å². The van der Waals surface area contributed by atoms with Crippen molar-refractivity contribution in [3.63, 3.8) is 0 Å². The van der Waals surface area contributed by atoms with Gasteiger partial charge in [-0.25, -0.2) is 0 Å². The lowest BCUT2D eigenvalue weighted by molar-refractivity contribution is 0.0703. The molecule has 1 heterocycles. The third-order valence-electron chi connectivity index (χ3n) is 4.06. The first kappa shape index (κ1) is 7.97. The minimum Gasteiger partial charge on any atom is -0.378 e. The zero-order valence-electron chi connectivity index (χ0n) is 7.64. The topological polar surface area (TPSA) is 52.5 Å². The van der Waals surface area contributed by atoms with Crippen molar-refractivity contribution in [1.29, 1.82) is 0 Å². The molecule has 2 aliphatic carbocycles. The zero-order chi connectivity index (χ0) is 9.16. The lowest BCUT2D eigenvalue weighted by Gasteiger charge is -2.25. The second-order valence-electron chi connectivity index (χ2n) is 4.63. The molecule has 2 fully saturated rings. The fraction of sp³-hybridized carbons (Fsp3) is 0.800. The van der Waals surface area contributed by atoms with Gasteiger partial charge >= 0.3 is 0 Å². The maximum atomic E-state index is 9.71. The Morgan fingerprint density at radius 2 is 2.00 bits per heavy atom. The summed E-state index contributed by atoms with van der Waals surface area (Å²) >= 11 is 0. The fourth-order valence-corrected chi connectivity index (χ4v) is 3.56. The predicted octanol–water partition coefficient (Wildman–Crippen LogP) is 0.0548. The molecule has 0 radical (unpaired) electrons. The van der Waals surface area contributed by atoms with Gasteiger partial charge in [-0.2, -0.15) is 0 Å². The molecule has 3 aliphatic rings. The van der Waals surface area contributed by atoms with Crippen molar-refractivity contribution in [2.75, 3.05) is 0 Å². The minimum absolute atomic E-state index is 0.253. The molecule has 0 amide bonds. The van der Waals surface area contributed by atoms with Crippen molar-refractivity contribution in [3.05, 3.63) is 11.6 Å². The van der Waals surface area contributed by atoms with E-state index in [9.17, 15) is 10.2 Å². The van der Waals surface area contributed by atoms with Crippen LogP contribution in [0.4, 0.5) is 0 Å². The van der Waals surface area contributed by atoms with Gasteiger partial charge in [-0.15, -0.1) is 0 Å². The Labute approximate surface area is 77.5 Å². The van der Waals surface area contributed by atoms with Crippen LogP contribution in [0.1, 0.15) is 13.3 Å². The zero-order valence-corrected chi connectivity index (χ0v) is 7.64. The lowest BCUT2D eigenvalue weighted by atomic mass is 9.81. The maximum absolute atomic E-state index is 9.71. The van der Waals surface area contributed by atoms with E-state index in [4.69, 9.17) is 0 Å². The summed E-state index contributed by atoms with van der Waals surface area (Å²) in [4.78, 5) is 0. The second kappa shape index (κ2) is 2.35. The highest BCUT2D eigenvalue weighted by Gasteiger charge is 2.56. The Kier molecular flexibility index (Phi) is 1.44. The number of fused-ring (bicyclic) bond motifs is 5. The summed E-state index contributed by atoms with van der Waals surface area (Å²) in [6.07, 6.45) is 2.41. The van der Waals surface area contributed by atoms with Crippen molar-refractivity contribution in [2.45, 2.75) is 25.8 Å². The summed E-state index contributed by atoms with van der Waals surface area (Å²) in [6, 6.07) is 0. The molecule has 0 aromatic rings. The minimum atomic E-state index is -0.501. The van der Waals surface area contributed by atoms with E-state index < -0.39 is 12.5 Å². The largest absolute Gasteiger partial charge is 0.378 e. The standard InChI is InChI=1S/C10H15NO2/c1-4-2-5-3-6(4)8-7(5)9(12)11-10(8)13/h2,5-13H,3H2,1H3. The van der Waals surface area contributed by atoms with Gasteiger partial charge in [0.05, 0.1) is 0 Å². The molecule has 6 atom stereocenters. The molecule has 3 rings (SSSR count). The summed E-state index contributed by atoms with van der Waals surface area (Å²) in [7, 11) is 0. The van der Waals surface area contributed by atoms with E-state index in [1.54, 1.807) is 0 Å². The number of hydrogen-bond donors (Lipinski definition) is 3. The van der Waals surface area contributed by atoms with Crippen LogP contribution >= 0.6 is 0 Å². The number of rotatable bonds is 0. The molecule has 3 heteroatoms. The van der Waals surface area contributed by atoms with Crippen molar-refractivity contribution < 1.29 is 10.2 Å². The molecule has 1 saturated heterocycles. The van der Waals surface area contributed by atoms with E-state index in [1.807, 2.05) is 0 Å². The first-order valence-electron chi connectivity index (χ1n) is 4.99. The predicted molar refractivity (Wildman–Crippen MR) is 47.5 cm³/mol. The Hall–Kier alpha value is -0.380. The fourth-order valence-electron chi connectivity index (χ4n) is 3.56. The number of hydrogen-bond acceptors (Lipinski definition) is 3. The third-order valence-corrected chi connectivity index (χ3v) is 4.06. The first-order chi connectivity index (χ1) is 6.18. The molecular formula is C10H15NO2. The van der Waals surface area contributed by atoms with Crippen LogP contribution in [-0.4, -0.2) is 22.7 Å². The normalized spacial score (nSPS) is 58.2. The summed E-state index contributed by atoms with van der Waals surface area (Å²) in [5.74, 6) is 1.51. The summed E-state index contributed by atoms with van der Waals surface area (Å²) in [5.41, 5.74) is 1.40. The van der Waals surface area contributed by atoms with Crippen LogP contribution in [0, 0.1) is 23.7 Å². The quantitative estimate of drug-likeness (QED) is 0.463. The van der Waals surface area contributed by atoms with Gasteiger partial charge in [0.2, 0.25) is 0 Å². The molecular weight excluding hydrogens is 166 g/mol. The molecule has 3 nitrogen and oxygen atoms in total. The summed E-state index contributed by atoms with van der Waals surface area (Å²) < 4.78 is 0. The molecule has 1 aliphatic heterocycles. The molecule has 1 saturated carbocycles. The van der Waals surface area contributed by atoms with Crippen LogP contribution in [0.15, 0.2) is 11.6 Å². The molecule has 6 unspecified atom stereocenters. The third kappa shape index (κ3) is 0.848. The van der Waals surface area contributed by atoms with Crippen molar-refractivity contribution in [2.24, 2.45) is 23.7 Å².